The molecule has 24 heavy (non-hydrogen) atoms. The molecule has 0 aliphatic carbocycles. The van der Waals surface area contributed by atoms with E-state index in [-0.39, 0.29) is 19.0 Å². The number of carbonyl (C=O) groups is 2. The zero-order chi connectivity index (χ0) is 17.7. The van der Waals surface area contributed by atoms with Crippen molar-refractivity contribution in [1.29, 1.82) is 0 Å². The normalized spacial score (nSPS) is 10.7. The van der Waals surface area contributed by atoms with Crippen LogP contribution in [0.1, 0.15) is 41.9 Å². The van der Waals surface area contributed by atoms with E-state index >= 15 is 0 Å². The fourth-order valence-corrected chi connectivity index (χ4v) is 3.10. The van der Waals surface area contributed by atoms with E-state index in [9.17, 15) is 9.59 Å². The van der Waals surface area contributed by atoms with Gasteiger partial charge in [-0.25, -0.2) is 4.79 Å². The zero-order valence-corrected chi connectivity index (χ0v) is 15.6. The second-order valence-corrected chi connectivity index (χ2v) is 6.07. The first-order valence-electron chi connectivity index (χ1n) is 7.90. The third kappa shape index (κ3) is 3.93. The van der Waals surface area contributed by atoms with E-state index in [1.54, 1.807) is 20.8 Å². The molecule has 1 heterocycles. The van der Waals surface area contributed by atoms with Crippen molar-refractivity contribution in [3.05, 3.63) is 39.5 Å². The number of halogens is 1. The van der Waals surface area contributed by atoms with Crippen molar-refractivity contribution in [3.8, 4) is 0 Å². The van der Waals surface area contributed by atoms with E-state index in [0.29, 0.717) is 24.3 Å². The van der Waals surface area contributed by atoms with Crippen LogP contribution < -0.4 is 0 Å². The molecular formula is C18H20BrNO4. The molecule has 0 saturated heterocycles. The van der Waals surface area contributed by atoms with Gasteiger partial charge in [0.05, 0.1) is 30.0 Å². The molecule has 6 heteroatoms. The Hall–Kier alpha value is -1.95. The molecule has 128 valence electrons. The lowest BCUT2D eigenvalue weighted by Crippen LogP contribution is -2.14. The SMILES string of the molecule is CCOC(=O)CCc1c(C(=O)OCC)c(C)nc2c(Br)cccc12. The van der Waals surface area contributed by atoms with Crippen molar-refractivity contribution in [2.75, 3.05) is 13.2 Å². The minimum absolute atomic E-state index is 0.200. The van der Waals surface area contributed by atoms with Crippen LogP contribution in [0.25, 0.3) is 10.9 Å². The molecular weight excluding hydrogens is 374 g/mol. The van der Waals surface area contributed by atoms with Crippen LogP contribution in [-0.2, 0) is 20.7 Å². The van der Waals surface area contributed by atoms with Gasteiger partial charge >= 0.3 is 11.9 Å². The Morgan fingerprint density at radius 1 is 1.17 bits per heavy atom. The number of para-hydroxylation sites is 1. The molecule has 0 spiro atoms. The van der Waals surface area contributed by atoms with Gasteiger partial charge in [-0.3, -0.25) is 9.78 Å². The summed E-state index contributed by atoms with van der Waals surface area (Å²) in [5.41, 5.74) is 2.56. The average Bonchev–Trinajstić information content (AvgIpc) is 2.53. The molecule has 1 aromatic heterocycles. The first-order valence-corrected chi connectivity index (χ1v) is 8.69. The number of ether oxygens (including phenoxy) is 2. The van der Waals surface area contributed by atoms with Gasteiger partial charge in [-0.1, -0.05) is 12.1 Å². The van der Waals surface area contributed by atoms with Crippen LogP contribution in [0.15, 0.2) is 22.7 Å². The molecule has 2 rings (SSSR count). The molecule has 5 nitrogen and oxygen atoms in total. The quantitative estimate of drug-likeness (QED) is 0.694. The number of rotatable bonds is 6. The summed E-state index contributed by atoms with van der Waals surface area (Å²) < 4.78 is 11.0. The highest BCUT2D eigenvalue weighted by atomic mass is 79.9. The number of hydrogen-bond acceptors (Lipinski definition) is 5. The molecule has 0 aliphatic heterocycles. The molecule has 2 aromatic rings. The molecule has 0 N–H and O–H groups in total. The van der Waals surface area contributed by atoms with Crippen molar-refractivity contribution in [2.24, 2.45) is 0 Å². The Morgan fingerprint density at radius 3 is 2.54 bits per heavy atom. The van der Waals surface area contributed by atoms with E-state index in [2.05, 4.69) is 20.9 Å². The molecule has 1 aromatic carbocycles. The van der Waals surface area contributed by atoms with Crippen LogP contribution in [0.3, 0.4) is 0 Å². The number of esters is 2. The second-order valence-electron chi connectivity index (χ2n) is 5.21. The van der Waals surface area contributed by atoms with E-state index in [4.69, 9.17) is 9.47 Å². The first kappa shape index (κ1) is 18.4. The van der Waals surface area contributed by atoms with Crippen LogP contribution in [0.5, 0.6) is 0 Å². The Bertz CT molecular complexity index is 773. The standard InChI is InChI=1S/C18H20BrNO4/c1-4-23-15(21)10-9-12-13-7-6-8-14(19)17(13)20-11(3)16(12)18(22)24-5-2/h6-8H,4-5,9-10H2,1-3H3. The molecule has 0 saturated carbocycles. The Labute approximate surface area is 149 Å². The number of aromatic nitrogens is 1. The third-order valence-corrected chi connectivity index (χ3v) is 4.26. The summed E-state index contributed by atoms with van der Waals surface area (Å²) in [7, 11) is 0. The van der Waals surface area contributed by atoms with E-state index in [1.165, 1.54) is 0 Å². The van der Waals surface area contributed by atoms with Gasteiger partial charge in [0.2, 0.25) is 0 Å². The maximum absolute atomic E-state index is 12.4. The maximum atomic E-state index is 12.4. The van der Waals surface area contributed by atoms with Crippen molar-refractivity contribution in [1.82, 2.24) is 4.98 Å². The molecule has 0 bridgehead atoms. The summed E-state index contributed by atoms with van der Waals surface area (Å²) >= 11 is 3.49. The zero-order valence-electron chi connectivity index (χ0n) is 14.0. The third-order valence-electron chi connectivity index (χ3n) is 3.62. The minimum Gasteiger partial charge on any atom is -0.466 e. The van der Waals surface area contributed by atoms with E-state index in [0.717, 1.165) is 20.9 Å². The van der Waals surface area contributed by atoms with Gasteiger partial charge < -0.3 is 9.47 Å². The summed E-state index contributed by atoms with van der Waals surface area (Å²) in [6, 6.07) is 5.68. The summed E-state index contributed by atoms with van der Waals surface area (Å²) in [4.78, 5) is 28.7. The molecule has 0 amide bonds. The predicted molar refractivity (Wildman–Crippen MR) is 95.1 cm³/mol. The van der Waals surface area contributed by atoms with Crippen LogP contribution in [0.2, 0.25) is 0 Å². The average molecular weight is 394 g/mol. The van der Waals surface area contributed by atoms with Gasteiger partial charge in [0.1, 0.15) is 0 Å². The van der Waals surface area contributed by atoms with Gasteiger partial charge in [-0.05, 0) is 54.8 Å². The number of fused-ring (bicyclic) bond motifs is 1. The Morgan fingerprint density at radius 2 is 1.88 bits per heavy atom. The van der Waals surface area contributed by atoms with E-state index in [1.807, 2.05) is 18.2 Å². The van der Waals surface area contributed by atoms with Gasteiger partial charge in [0.15, 0.2) is 0 Å². The van der Waals surface area contributed by atoms with Gasteiger partial charge in [-0.2, -0.15) is 0 Å². The Balaban J connectivity index is 2.57. The smallest absolute Gasteiger partial charge is 0.340 e. The predicted octanol–water partition coefficient (Wildman–Crippen LogP) is 3.98. The lowest BCUT2D eigenvalue weighted by molar-refractivity contribution is -0.143. The molecule has 0 radical (unpaired) electrons. The summed E-state index contributed by atoms with van der Waals surface area (Å²) in [6.07, 6.45) is 0.592. The fourth-order valence-electron chi connectivity index (χ4n) is 2.64. The largest absolute Gasteiger partial charge is 0.466 e. The lowest BCUT2D eigenvalue weighted by Gasteiger charge is -2.15. The van der Waals surface area contributed by atoms with Crippen LogP contribution in [-0.4, -0.2) is 30.1 Å². The number of pyridine rings is 1. The fraction of sp³-hybridized carbons (Fsp3) is 0.389. The van der Waals surface area contributed by atoms with Crippen molar-refractivity contribution < 1.29 is 19.1 Å². The molecule has 0 atom stereocenters. The van der Waals surface area contributed by atoms with Crippen molar-refractivity contribution >= 4 is 38.8 Å². The van der Waals surface area contributed by atoms with Gasteiger partial charge in [0, 0.05) is 16.3 Å². The Kier molecular flexibility index (Phi) is 6.31. The van der Waals surface area contributed by atoms with Crippen LogP contribution in [0.4, 0.5) is 0 Å². The molecule has 0 unspecified atom stereocenters. The van der Waals surface area contributed by atoms with Crippen molar-refractivity contribution in [3.63, 3.8) is 0 Å². The summed E-state index contributed by atoms with van der Waals surface area (Å²) in [5, 5.41) is 0.835. The first-order chi connectivity index (χ1) is 11.5. The summed E-state index contributed by atoms with van der Waals surface area (Å²) in [5.74, 6) is -0.701. The topological polar surface area (TPSA) is 65.5 Å². The number of nitrogens with zero attached hydrogens (tertiary/aromatic N) is 1. The molecule has 0 aliphatic rings. The van der Waals surface area contributed by atoms with Crippen LogP contribution >= 0.6 is 15.9 Å². The van der Waals surface area contributed by atoms with Gasteiger partial charge in [-0.15, -0.1) is 0 Å². The number of benzene rings is 1. The van der Waals surface area contributed by atoms with Crippen molar-refractivity contribution in [2.45, 2.75) is 33.6 Å². The highest BCUT2D eigenvalue weighted by molar-refractivity contribution is 9.10. The monoisotopic (exact) mass is 393 g/mol. The summed E-state index contributed by atoms with van der Waals surface area (Å²) in [6.45, 7) is 5.93. The van der Waals surface area contributed by atoms with Crippen LogP contribution in [0, 0.1) is 6.92 Å². The molecule has 0 fully saturated rings. The maximum Gasteiger partial charge on any atom is 0.340 e. The number of hydrogen-bond donors (Lipinski definition) is 0. The highest BCUT2D eigenvalue weighted by Crippen LogP contribution is 2.30. The van der Waals surface area contributed by atoms with E-state index < -0.39 is 5.97 Å². The van der Waals surface area contributed by atoms with Gasteiger partial charge in [0.25, 0.3) is 0 Å². The lowest BCUT2D eigenvalue weighted by atomic mass is 9.96. The number of aryl methyl sites for hydroxylation is 2. The minimum atomic E-state index is -0.414. The second kappa shape index (κ2) is 8.24. The highest BCUT2D eigenvalue weighted by Gasteiger charge is 2.21. The number of carbonyl (C=O) groups excluding carboxylic acids is 2.